The third-order valence-electron chi connectivity index (χ3n) is 3.62. The summed E-state index contributed by atoms with van der Waals surface area (Å²) in [6.45, 7) is 0. The van der Waals surface area contributed by atoms with Gasteiger partial charge in [-0.2, -0.15) is 0 Å². The highest BCUT2D eigenvalue weighted by molar-refractivity contribution is 5.62. The molecule has 0 aliphatic rings. The van der Waals surface area contributed by atoms with Crippen molar-refractivity contribution in [3.8, 4) is 28.8 Å². The Labute approximate surface area is 142 Å². The zero-order chi connectivity index (χ0) is 17.2. The summed E-state index contributed by atoms with van der Waals surface area (Å²) in [6.07, 6.45) is 3.41. The predicted octanol–water partition coefficient (Wildman–Crippen LogP) is 3.73. The normalized spacial score (nSPS) is 10.8. The van der Waals surface area contributed by atoms with Gasteiger partial charge in [0.1, 0.15) is 11.6 Å². The van der Waals surface area contributed by atoms with Crippen molar-refractivity contribution in [2.24, 2.45) is 0 Å². The molecule has 0 saturated carbocycles. The Kier molecular flexibility index (Phi) is 3.74. The number of methoxy groups -OCH3 is 1. The Morgan fingerprint density at radius 3 is 2.40 bits per heavy atom. The Bertz CT molecular complexity index is 1010. The first kappa shape index (κ1) is 15.1. The van der Waals surface area contributed by atoms with Crippen LogP contribution in [0.3, 0.4) is 0 Å². The maximum atomic E-state index is 13.0. The van der Waals surface area contributed by atoms with Crippen molar-refractivity contribution in [1.29, 1.82) is 0 Å². The number of imidazole rings is 1. The summed E-state index contributed by atoms with van der Waals surface area (Å²) in [7, 11) is 1.57. The van der Waals surface area contributed by atoms with Gasteiger partial charge in [0.15, 0.2) is 5.65 Å². The molecule has 1 aromatic carbocycles. The number of hydrogen-bond donors (Lipinski definition) is 0. The Morgan fingerprint density at radius 2 is 1.68 bits per heavy atom. The van der Waals surface area contributed by atoms with Gasteiger partial charge in [-0.15, -0.1) is 5.10 Å². The molecule has 7 heteroatoms. The molecule has 6 nitrogen and oxygen atoms in total. The van der Waals surface area contributed by atoms with Crippen molar-refractivity contribution in [2.45, 2.75) is 0 Å². The molecular formula is C18H13FN4O2. The lowest BCUT2D eigenvalue weighted by atomic mass is 10.2. The first-order valence-corrected chi connectivity index (χ1v) is 7.51. The number of hydrogen-bond acceptors (Lipinski definition) is 5. The minimum Gasteiger partial charge on any atom is -0.481 e. The van der Waals surface area contributed by atoms with Gasteiger partial charge in [-0.1, -0.05) is 0 Å². The number of ether oxygens (including phenoxy) is 2. The van der Waals surface area contributed by atoms with E-state index in [4.69, 9.17) is 9.47 Å². The molecule has 4 rings (SSSR count). The molecule has 0 aliphatic heterocycles. The Morgan fingerprint density at radius 1 is 0.880 bits per heavy atom. The third kappa shape index (κ3) is 2.99. The number of pyridine rings is 1. The van der Waals surface area contributed by atoms with Crippen LogP contribution in [0.5, 0.6) is 17.5 Å². The van der Waals surface area contributed by atoms with Gasteiger partial charge in [-0.3, -0.25) is 0 Å². The maximum absolute atomic E-state index is 13.0. The molecule has 0 amide bonds. The molecule has 0 bridgehead atoms. The standard InChI is InChI=1S/C18H13FN4O2/c1-24-17-8-2-12(10-21-17)15-11-20-16-7-9-18(22-23(15)16)25-14-5-3-13(19)4-6-14/h2-11H,1H3. The summed E-state index contributed by atoms with van der Waals surface area (Å²) in [5, 5.41) is 4.45. The van der Waals surface area contributed by atoms with Gasteiger partial charge in [0.05, 0.1) is 19.0 Å². The van der Waals surface area contributed by atoms with E-state index in [9.17, 15) is 4.39 Å². The largest absolute Gasteiger partial charge is 0.481 e. The molecule has 0 spiro atoms. The van der Waals surface area contributed by atoms with E-state index in [1.54, 1.807) is 54.4 Å². The maximum Gasteiger partial charge on any atom is 0.237 e. The smallest absolute Gasteiger partial charge is 0.237 e. The van der Waals surface area contributed by atoms with Crippen LogP contribution >= 0.6 is 0 Å². The van der Waals surface area contributed by atoms with Gasteiger partial charge in [-0.25, -0.2) is 18.9 Å². The van der Waals surface area contributed by atoms with Crippen LogP contribution in [-0.2, 0) is 0 Å². The predicted molar refractivity (Wildman–Crippen MR) is 89.2 cm³/mol. The lowest BCUT2D eigenvalue weighted by Crippen LogP contribution is -1.98. The molecule has 25 heavy (non-hydrogen) atoms. The molecule has 0 saturated heterocycles. The first-order valence-electron chi connectivity index (χ1n) is 7.51. The second kappa shape index (κ2) is 6.20. The van der Waals surface area contributed by atoms with Crippen LogP contribution in [0.2, 0.25) is 0 Å². The van der Waals surface area contributed by atoms with E-state index in [1.807, 2.05) is 6.07 Å². The molecule has 4 aromatic rings. The van der Waals surface area contributed by atoms with Crippen molar-refractivity contribution in [2.75, 3.05) is 7.11 Å². The number of fused-ring (bicyclic) bond motifs is 1. The molecule has 3 aromatic heterocycles. The zero-order valence-corrected chi connectivity index (χ0v) is 13.3. The molecule has 0 unspecified atom stereocenters. The topological polar surface area (TPSA) is 61.5 Å². The highest BCUT2D eigenvalue weighted by Crippen LogP contribution is 2.24. The SMILES string of the molecule is COc1ccc(-c2cnc3ccc(Oc4ccc(F)cc4)nn23)cn1. The summed E-state index contributed by atoms with van der Waals surface area (Å²) in [6, 6.07) is 12.9. The van der Waals surface area contributed by atoms with Gasteiger partial charge in [0, 0.05) is 23.9 Å². The van der Waals surface area contributed by atoms with Gasteiger partial charge < -0.3 is 9.47 Å². The van der Waals surface area contributed by atoms with Crippen LogP contribution in [0.4, 0.5) is 4.39 Å². The van der Waals surface area contributed by atoms with Crippen LogP contribution in [0.15, 0.2) is 60.9 Å². The summed E-state index contributed by atoms with van der Waals surface area (Å²) in [4.78, 5) is 8.53. The second-order valence-electron chi connectivity index (χ2n) is 5.23. The Hall–Kier alpha value is -3.48. The fourth-order valence-electron chi connectivity index (χ4n) is 2.38. The van der Waals surface area contributed by atoms with E-state index >= 15 is 0 Å². The van der Waals surface area contributed by atoms with Crippen LogP contribution in [0.1, 0.15) is 0 Å². The molecule has 0 radical (unpaired) electrons. The molecule has 124 valence electrons. The fraction of sp³-hybridized carbons (Fsp3) is 0.0556. The van der Waals surface area contributed by atoms with Crippen LogP contribution in [0.25, 0.3) is 16.9 Å². The van der Waals surface area contributed by atoms with Crippen LogP contribution in [-0.4, -0.2) is 26.7 Å². The minimum absolute atomic E-state index is 0.320. The van der Waals surface area contributed by atoms with E-state index in [-0.39, 0.29) is 5.82 Å². The minimum atomic E-state index is -0.320. The van der Waals surface area contributed by atoms with Crippen LogP contribution < -0.4 is 9.47 Å². The Balaban J connectivity index is 1.70. The number of halogens is 1. The van der Waals surface area contributed by atoms with Gasteiger partial charge in [0.25, 0.3) is 0 Å². The van der Waals surface area contributed by atoms with E-state index in [1.165, 1.54) is 12.1 Å². The number of nitrogens with zero attached hydrogens (tertiary/aromatic N) is 4. The molecule has 0 atom stereocenters. The lowest BCUT2D eigenvalue weighted by molar-refractivity contribution is 0.398. The molecule has 3 heterocycles. The lowest BCUT2D eigenvalue weighted by Gasteiger charge is -2.06. The van der Waals surface area contributed by atoms with Crippen molar-refractivity contribution in [3.63, 3.8) is 0 Å². The average Bonchev–Trinajstić information content (AvgIpc) is 3.07. The van der Waals surface area contributed by atoms with E-state index < -0.39 is 0 Å². The monoisotopic (exact) mass is 336 g/mol. The molecule has 0 aliphatic carbocycles. The molecular weight excluding hydrogens is 323 g/mol. The first-order chi connectivity index (χ1) is 12.2. The zero-order valence-electron chi connectivity index (χ0n) is 13.3. The van der Waals surface area contributed by atoms with E-state index in [0.29, 0.717) is 23.2 Å². The summed E-state index contributed by atoms with van der Waals surface area (Å²) >= 11 is 0. The molecule has 0 fully saturated rings. The highest BCUT2D eigenvalue weighted by atomic mass is 19.1. The summed E-state index contributed by atoms with van der Waals surface area (Å²) in [5.74, 6) is 1.09. The fourth-order valence-corrected chi connectivity index (χ4v) is 2.38. The molecule has 0 N–H and O–H groups in total. The van der Waals surface area contributed by atoms with Crippen molar-refractivity contribution in [1.82, 2.24) is 19.6 Å². The van der Waals surface area contributed by atoms with Crippen LogP contribution in [0, 0.1) is 5.82 Å². The van der Waals surface area contributed by atoms with Gasteiger partial charge >= 0.3 is 0 Å². The third-order valence-corrected chi connectivity index (χ3v) is 3.62. The van der Waals surface area contributed by atoms with Gasteiger partial charge in [0.2, 0.25) is 11.8 Å². The number of benzene rings is 1. The van der Waals surface area contributed by atoms with Crippen molar-refractivity contribution in [3.05, 3.63) is 66.7 Å². The van der Waals surface area contributed by atoms with Crippen molar-refractivity contribution < 1.29 is 13.9 Å². The summed E-state index contributed by atoms with van der Waals surface area (Å²) < 4.78 is 25.4. The quantitative estimate of drug-likeness (QED) is 0.568. The summed E-state index contributed by atoms with van der Waals surface area (Å²) in [5.41, 5.74) is 2.30. The van der Waals surface area contributed by atoms with E-state index in [2.05, 4.69) is 15.1 Å². The highest BCUT2D eigenvalue weighted by Gasteiger charge is 2.10. The van der Waals surface area contributed by atoms with Gasteiger partial charge in [-0.05, 0) is 36.4 Å². The van der Waals surface area contributed by atoms with E-state index in [0.717, 1.165) is 11.3 Å². The second-order valence-corrected chi connectivity index (χ2v) is 5.23. The van der Waals surface area contributed by atoms with Crippen molar-refractivity contribution >= 4 is 5.65 Å². The number of aromatic nitrogens is 4. The average molecular weight is 336 g/mol. The number of rotatable bonds is 4.